The molecular formula is C10H18ClN3O3. The van der Waals surface area contributed by atoms with Crippen molar-refractivity contribution in [2.45, 2.75) is 32.1 Å². The first-order valence-electron chi connectivity index (χ1n) is 5.40. The van der Waals surface area contributed by atoms with Crippen LogP contribution in [0.5, 0.6) is 0 Å². The molecule has 0 aromatic carbocycles. The summed E-state index contributed by atoms with van der Waals surface area (Å²) in [7, 11) is 0. The van der Waals surface area contributed by atoms with Gasteiger partial charge in [-0.15, -0.1) is 11.6 Å². The van der Waals surface area contributed by atoms with E-state index in [1.807, 2.05) is 6.92 Å². The molecule has 0 aliphatic rings. The normalized spacial score (nSPS) is 11.7. The number of halogens is 1. The molecule has 98 valence electrons. The zero-order chi connectivity index (χ0) is 13.4. The second-order valence-corrected chi connectivity index (χ2v) is 4.31. The Morgan fingerprint density at radius 1 is 1.41 bits per heavy atom. The van der Waals surface area contributed by atoms with E-state index in [1.165, 1.54) is 11.8 Å². The molecule has 0 aliphatic heterocycles. The number of nitrogens with two attached hydrogens (primary N) is 1. The Morgan fingerprint density at radius 3 is 2.41 bits per heavy atom. The molecule has 0 saturated heterocycles. The third-order valence-electron chi connectivity index (χ3n) is 2.01. The van der Waals surface area contributed by atoms with E-state index in [2.05, 4.69) is 5.32 Å². The van der Waals surface area contributed by atoms with Crippen molar-refractivity contribution in [2.75, 3.05) is 13.1 Å². The summed E-state index contributed by atoms with van der Waals surface area (Å²) in [5.74, 6) is -1.22. The Bertz CT molecular complexity index is 295. The number of primary amides is 1. The Hall–Kier alpha value is -1.30. The van der Waals surface area contributed by atoms with Gasteiger partial charge in [-0.1, -0.05) is 13.3 Å². The maximum Gasteiger partial charge on any atom is 0.324 e. The summed E-state index contributed by atoms with van der Waals surface area (Å²) in [5.41, 5.74) is 5.02. The van der Waals surface area contributed by atoms with Gasteiger partial charge in [0.2, 0.25) is 11.8 Å². The van der Waals surface area contributed by atoms with Crippen molar-refractivity contribution in [3.05, 3.63) is 0 Å². The number of imide groups is 1. The second kappa shape index (κ2) is 7.89. The van der Waals surface area contributed by atoms with Crippen LogP contribution in [0.4, 0.5) is 4.79 Å². The number of nitrogens with one attached hydrogen (secondary N) is 1. The fourth-order valence-electron chi connectivity index (χ4n) is 1.07. The maximum atomic E-state index is 11.6. The standard InChI is InChI=1S/C10H18ClN3O3/c1-3-4-5-14(6-8(12)15)10(17)13-9(16)7(2)11/h7H,3-6H2,1-2H3,(H2,12,15)(H,13,16,17). The fourth-order valence-corrected chi connectivity index (χ4v) is 1.13. The van der Waals surface area contributed by atoms with Crippen molar-refractivity contribution in [3.8, 4) is 0 Å². The van der Waals surface area contributed by atoms with Crippen LogP contribution in [-0.4, -0.2) is 41.2 Å². The predicted molar refractivity (Wildman–Crippen MR) is 64.5 cm³/mol. The van der Waals surface area contributed by atoms with Gasteiger partial charge in [-0.2, -0.15) is 0 Å². The van der Waals surface area contributed by atoms with E-state index >= 15 is 0 Å². The predicted octanol–water partition coefficient (Wildman–Crippen LogP) is 0.437. The van der Waals surface area contributed by atoms with Crippen molar-refractivity contribution >= 4 is 29.4 Å². The van der Waals surface area contributed by atoms with Gasteiger partial charge in [0.05, 0.1) is 0 Å². The van der Waals surface area contributed by atoms with Crippen molar-refractivity contribution in [2.24, 2.45) is 5.73 Å². The lowest BCUT2D eigenvalue weighted by Crippen LogP contribution is -2.48. The Morgan fingerprint density at radius 2 is 2.00 bits per heavy atom. The molecule has 0 aromatic heterocycles. The number of carbonyl (C=O) groups excluding carboxylic acids is 3. The van der Waals surface area contributed by atoms with Crippen molar-refractivity contribution in [1.82, 2.24) is 10.2 Å². The monoisotopic (exact) mass is 263 g/mol. The topological polar surface area (TPSA) is 92.5 Å². The minimum absolute atomic E-state index is 0.213. The molecule has 0 aliphatic carbocycles. The quantitative estimate of drug-likeness (QED) is 0.681. The van der Waals surface area contributed by atoms with Gasteiger partial charge in [-0.3, -0.25) is 14.9 Å². The largest absolute Gasteiger partial charge is 0.368 e. The minimum atomic E-state index is -0.805. The highest BCUT2D eigenvalue weighted by Crippen LogP contribution is 1.98. The van der Waals surface area contributed by atoms with Gasteiger partial charge in [0.1, 0.15) is 11.9 Å². The van der Waals surface area contributed by atoms with Gasteiger partial charge in [0.25, 0.3) is 0 Å². The zero-order valence-corrected chi connectivity index (χ0v) is 10.8. The minimum Gasteiger partial charge on any atom is -0.368 e. The van der Waals surface area contributed by atoms with E-state index in [9.17, 15) is 14.4 Å². The SMILES string of the molecule is CCCCN(CC(N)=O)C(=O)NC(=O)C(C)Cl. The molecule has 4 amide bonds. The van der Waals surface area contributed by atoms with Gasteiger partial charge in [-0.25, -0.2) is 4.79 Å². The summed E-state index contributed by atoms with van der Waals surface area (Å²) in [5, 5.41) is 1.30. The molecule has 0 fully saturated rings. The molecule has 6 nitrogen and oxygen atoms in total. The first-order chi connectivity index (χ1) is 7.88. The molecule has 17 heavy (non-hydrogen) atoms. The van der Waals surface area contributed by atoms with Gasteiger partial charge < -0.3 is 10.6 Å². The summed E-state index contributed by atoms with van der Waals surface area (Å²) in [6.07, 6.45) is 1.59. The molecule has 0 radical (unpaired) electrons. The molecule has 0 saturated carbocycles. The molecule has 0 bridgehead atoms. The number of hydrogen-bond acceptors (Lipinski definition) is 3. The van der Waals surface area contributed by atoms with Crippen LogP contribution in [0.3, 0.4) is 0 Å². The summed E-state index contributed by atoms with van der Waals surface area (Å²) < 4.78 is 0. The second-order valence-electron chi connectivity index (χ2n) is 3.65. The summed E-state index contributed by atoms with van der Waals surface area (Å²) in [6, 6.07) is -0.644. The van der Waals surface area contributed by atoms with Gasteiger partial charge in [0.15, 0.2) is 0 Å². The number of amides is 4. The molecule has 1 atom stereocenters. The molecule has 0 heterocycles. The van der Waals surface area contributed by atoms with Crippen LogP contribution in [0.2, 0.25) is 0 Å². The first kappa shape index (κ1) is 15.7. The third kappa shape index (κ3) is 6.78. The average Bonchev–Trinajstić information content (AvgIpc) is 2.23. The van der Waals surface area contributed by atoms with E-state index < -0.39 is 23.2 Å². The highest BCUT2D eigenvalue weighted by atomic mass is 35.5. The van der Waals surface area contributed by atoms with Crippen LogP contribution >= 0.6 is 11.6 Å². The Kier molecular flexibility index (Phi) is 7.29. The first-order valence-corrected chi connectivity index (χ1v) is 5.84. The van der Waals surface area contributed by atoms with Gasteiger partial charge in [0, 0.05) is 6.54 Å². The highest BCUT2D eigenvalue weighted by molar-refractivity contribution is 6.31. The van der Waals surface area contributed by atoms with Crippen LogP contribution in [0.15, 0.2) is 0 Å². The van der Waals surface area contributed by atoms with E-state index in [4.69, 9.17) is 17.3 Å². The molecule has 0 aromatic rings. The van der Waals surface area contributed by atoms with Crippen molar-refractivity contribution in [3.63, 3.8) is 0 Å². The number of hydrogen-bond donors (Lipinski definition) is 2. The summed E-state index contributed by atoms with van der Waals surface area (Å²) in [6.45, 7) is 3.56. The molecule has 7 heteroatoms. The molecule has 0 rings (SSSR count). The lowest BCUT2D eigenvalue weighted by molar-refractivity contribution is -0.121. The molecule has 3 N–H and O–H groups in total. The summed E-state index contributed by atoms with van der Waals surface area (Å²) >= 11 is 5.51. The Balaban J connectivity index is 4.40. The van der Waals surface area contributed by atoms with Gasteiger partial charge in [-0.05, 0) is 13.3 Å². The molecular weight excluding hydrogens is 246 g/mol. The van der Waals surface area contributed by atoms with E-state index in [0.29, 0.717) is 6.54 Å². The van der Waals surface area contributed by atoms with E-state index in [0.717, 1.165) is 12.8 Å². The molecule has 0 spiro atoms. The van der Waals surface area contributed by atoms with Crippen LogP contribution in [0.25, 0.3) is 0 Å². The molecule has 1 unspecified atom stereocenters. The number of carbonyl (C=O) groups is 3. The lowest BCUT2D eigenvalue weighted by atomic mass is 10.3. The number of urea groups is 1. The fraction of sp³-hybridized carbons (Fsp3) is 0.700. The number of rotatable bonds is 6. The van der Waals surface area contributed by atoms with Crippen LogP contribution in [-0.2, 0) is 9.59 Å². The van der Waals surface area contributed by atoms with Crippen LogP contribution in [0, 0.1) is 0 Å². The average molecular weight is 264 g/mol. The van der Waals surface area contributed by atoms with Crippen molar-refractivity contribution < 1.29 is 14.4 Å². The Labute approximate surface area is 105 Å². The summed E-state index contributed by atoms with van der Waals surface area (Å²) in [4.78, 5) is 34.8. The van der Waals surface area contributed by atoms with Gasteiger partial charge >= 0.3 is 6.03 Å². The van der Waals surface area contributed by atoms with Crippen LogP contribution < -0.4 is 11.1 Å². The maximum absolute atomic E-state index is 11.6. The zero-order valence-electron chi connectivity index (χ0n) is 10.0. The highest BCUT2D eigenvalue weighted by Gasteiger charge is 2.19. The van der Waals surface area contributed by atoms with E-state index in [1.54, 1.807) is 0 Å². The smallest absolute Gasteiger partial charge is 0.324 e. The number of nitrogens with zero attached hydrogens (tertiary/aromatic N) is 1. The van der Waals surface area contributed by atoms with E-state index in [-0.39, 0.29) is 6.54 Å². The third-order valence-corrected chi connectivity index (χ3v) is 2.21. The van der Waals surface area contributed by atoms with Crippen LogP contribution in [0.1, 0.15) is 26.7 Å². The van der Waals surface area contributed by atoms with Crippen molar-refractivity contribution in [1.29, 1.82) is 0 Å². The number of unbranched alkanes of at least 4 members (excludes halogenated alkanes) is 1. The number of alkyl halides is 1. The lowest BCUT2D eigenvalue weighted by Gasteiger charge is -2.21.